The number of hydrogen-bond donors (Lipinski definition) is 1. The summed E-state index contributed by atoms with van der Waals surface area (Å²) in [6.45, 7) is 0.575. The number of aromatic carboxylic acids is 1. The lowest BCUT2D eigenvalue weighted by molar-refractivity contribution is 0.0697. The standard InChI is InChI=1S/C13H10N4O2/c18-13(19)9-1-2-12-11(5-9)16-8-17(12)6-10-3-4-14-7-15-10/h1-5,7-8H,6H2,(H,18,19). The van der Waals surface area contributed by atoms with E-state index in [1.165, 1.54) is 6.33 Å². The summed E-state index contributed by atoms with van der Waals surface area (Å²) in [6.07, 6.45) is 4.86. The fourth-order valence-electron chi connectivity index (χ4n) is 1.91. The van der Waals surface area contributed by atoms with Crippen LogP contribution in [0, 0.1) is 0 Å². The molecule has 0 spiro atoms. The molecule has 6 nitrogen and oxygen atoms in total. The molecule has 0 amide bonds. The monoisotopic (exact) mass is 254 g/mol. The zero-order valence-electron chi connectivity index (χ0n) is 9.89. The summed E-state index contributed by atoms with van der Waals surface area (Å²) in [6, 6.07) is 6.72. The number of carbonyl (C=O) groups is 1. The summed E-state index contributed by atoms with van der Waals surface area (Å²) in [5.41, 5.74) is 2.65. The van der Waals surface area contributed by atoms with Crippen LogP contribution in [-0.2, 0) is 6.54 Å². The first-order valence-corrected chi connectivity index (χ1v) is 5.67. The van der Waals surface area contributed by atoms with Crippen molar-refractivity contribution in [2.75, 3.05) is 0 Å². The maximum atomic E-state index is 10.9. The third-order valence-corrected chi connectivity index (χ3v) is 2.84. The van der Waals surface area contributed by atoms with Crippen molar-refractivity contribution < 1.29 is 9.90 Å². The van der Waals surface area contributed by atoms with Crippen molar-refractivity contribution in [1.29, 1.82) is 0 Å². The van der Waals surface area contributed by atoms with Gasteiger partial charge in [-0.1, -0.05) is 0 Å². The predicted octanol–water partition coefficient (Wildman–Crippen LogP) is 1.57. The lowest BCUT2D eigenvalue weighted by Crippen LogP contribution is -2.01. The Hall–Kier alpha value is -2.76. The number of carboxylic acid groups (broad SMARTS) is 1. The van der Waals surface area contributed by atoms with Gasteiger partial charge in [0.25, 0.3) is 0 Å². The summed E-state index contributed by atoms with van der Waals surface area (Å²) in [5, 5.41) is 8.93. The molecular formula is C13H10N4O2. The first-order chi connectivity index (χ1) is 9.24. The normalized spacial score (nSPS) is 10.7. The predicted molar refractivity (Wildman–Crippen MR) is 67.8 cm³/mol. The highest BCUT2D eigenvalue weighted by Crippen LogP contribution is 2.16. The summed E-state index contributed by atoms with van der Waals surface area (Å²) in [4.78, 5) is 23.1. The molecule has 6 heteroatoms. The maximum absolute atomic E-state index is 10.9. The molecule has 0 aliphatic carbocycles. The van der Waals surface area contributed by atoms with E-state index in [4.69, 9.17) is 5.11 Å². The molecule has 1 aromatic carbocycles. The van der Waals surface area contributed by atoms with Crippen LogP contribution in [0.1, 0.15) is 16.1 Å². The van der Waals surface area contributed by atoms with Gasteiger partial charge in [0.1, 0.15) is 6.33 Å². The van der Waals surface area contributed by atoms with Gasteiger partial charge >= 0.3 is 5.97 Å². The molecule has 0 unspecified atom stereocenters. The molecule has 2 heterocycles. The van der Waals surface area contributed by atoms with Crippen molar-refractivity contribution in [3.05, 3.63) is 54.4 Å². The lowest BCUT2D eigenvalue weighted by atomic mass is 10.2. The van der Waals surface area contributed by atoms with Crippen molar-refractivity contribution in [3.8, 4) is 0 Å². The van der Waals surface area contributed by atoms with E-state index in [1.807, 2.05) is 10.6 Å². The van der Waals surface area contributed by atoms with E-state index in [0.717, 1.165) is 11.2 Å². The topological polar surface area (TPSA) is 80.9 Å². The Morgan fingerprint density at radius 1 is 1.26 bits per heavy atom. The van der Waals surface area contributed by atoms with Gasteiger partial charge in [-0.25, -0.2) is 19.7 Å². The van der Waals surface area contributed by atoms with Crippen molar-refractivity contribution in [2.45, 2.75) is 6.54 Å². The molecule has 0 radical (unpaired) electrons. The van der Waals surface area contributed by atoms with Crippen LogP contribution < -0.4 is 0 Å². The SMILES string of the molecule is O=C(O)c1ccc2c(c1)ncn2Cc1ccncn1. The number of hydrogen-bond acceptors (Lipinski definition) is 4. The number of aromatic nitrogens is 4. The Morgan fingerprint density at radius 3 is 2.89 bits per heavy atom. The number of nitrogens with zero attached hydrogens (tertiary/aromatic N) is 4. The summed E-state index contributed by atoms with van der Waals surface area (Å²) >= 11 is 0. The molecule has 19 heavy (non-hydrogen) atoms. The van der Waals surface area contributed by atoms with Crippen LogP contribution in [0.3, 0.4) is 0 Å². The zero-order chi connectivity index (χ0) is 13.2. The molecule has 1 N–H and O–H groups in total. The molecule has 0 aliphatic rings. The van der Waals surface area contributed by atoms with Gasteiger partial charge in [0.2, 0.25) is 0 Å². The largest absolute Gasteiger partial charge is 0.478 e. The molecule has 0 aliphatic heterocycles. The van der Waals surface area contributed by atoms with Crippen LogP contribution >= 0.6 is 0 Å². The minimum atomic E-state index is -0.952. The molecule has 0 saturated heterocycles. The molecule has 0 bridgehead atoms. The van der Waals surface area contributed by atoms with E-state index < -0.39 is 5.97 Å². The van der Waals surface area contributed by atoms with Gasteiger partial charge < -0.3 is 9.67 Å². The first-order valence-electron chi connectivity index (χ1n) is 5.67. The fourth-order valence-corrected chi connectivity index (χ4v) is 1.91. The second-order valence-electron chi connectivity index (χ2n) is 4.08. The number of imidazole rings is 1. The second-order valence-corrected chi connectivity index (χ2v) is 4.08. The summed E-state index contributed by atoms with van der Waals surface area (Å²) < 4.78 is 1.92. The third kappa shape index (κ3) is 2.15. The van der Waals surface area contributed by atoms with Crippen LogP contribution in [0.4, 0.5) is 0 Å². The minimum Gasteiger partial charge on any atom is -0.478 e. The third-order valence-electron chi connectivity index (χ3n) is 2.84. The molecule has 0 fully saturated rings. The van der Waals surface area contributed by atoms with Gasteiger partial charge in [-0.05, 0) is 24.3 Å². The Morgan fingerprint density at radius 2 is 2.16 bits per heavy atom. The van der Waals surface area contributed by atoms with E-state index in [0.29, 0.717) is 12.1 Å². The van der Waals surface area contributed by atoms with Gasteiger partial charge in [-0.3, -0.25) is 0 Å². The van der Waals surface area contributed by atoms with E-state index in [1.54, 1.807) is 30.7 Å². The average molecular weight is 254 g/mol. The molecule has 2 aromatic heterocycles. The second kappa shape index (κ2) is 4.49. The maximum Gasteiger partial charge on any atom is 0.335 e. The molecule has 0 saturated carbocycles. The van der Waals surface area contributed by atoms with Crippen molar-refractivity contribution >= 4 is 17.0 Å². The smallest absolute Gasteiger partial charge is 0.335 e. The highest BCUT2D eigenvalue weighted by Gasteiger charge is 2.08. The Balaban J connectivity index is 1.99. The number of rotatable bonds is 3. The quantitative estimate of drug-likeness (QED) is 0.767. The Labute approximate surface area is 108 Å². The van der Waals surface area contributed by atoms with Crippen LogP contribution in [0.5, 0.6) is 0 Å². The van der Waals surface area contributed by atoms with Gasteiger partial charge in [0.15, 0.2) is 0 Å². The Bertz CT molecular complexity index is 737. The van der Waals surface area contributed by atoms with Crippen LogP contribution in [0.15, 0.2) is 43.1 Å². The van der Waals surface area contributed by atoms with Crippen LogP contribution in [0.2, 0.25) is 0 Å². The van der Waals surface area contributed by atoms with Gasteiger partial charge in [-0.2, -0.15) is 0 Å². The average Bonchev–Trinajstić information content (AvgIpc) is 2.82. The van der Waals surface area contributed by atoms with Crippen LogP contribution in [-0.4, -0.2) is 30.6 Å². The first kappa shape index (κ1) is 11.3. The van der Waals surface area contributed by atoms with E-state index in [9.17, 15) is 4.79 Å². The van der Waals surface area contributed by atoms with E-state index in [-0.39, 0.29) is 5.56 Å². The van der Waals surface area contributed by atoms with Crippen LogP contribution in [0.25, 0.3) is 11.0 Å². The van der Waals surface area contributed by atoms with Crippen molar-refractivity contribution in [1.82, 2.24) is 19.5 Å². The van der Waals surface area contributed by atoms with E-state index >= 15 is 0 Å². The molecular weight excluding hydrogens is 244 g/mol. The molecule has 3 rings (SSSR count). The van der Waals surface area contributed by atoms with Gasteiger partial charge in [0, 0.05) is 6.20 Å². The number of fused-ring (bicyclic) bond motifs is 1. The summed E-state index contributed by atoms with van der Waals surface area (Å²) in [7, 11) is 0. The minimum absolute atomic E-state index is 0.236. The molecule has 0 atom stereocenters. The highest BCUT2D eigenvalue weighted by atomic mass is 16.4. The molecule has 3 aromatic rings. The van der Waals surface area contributed by atoms with E-state index in [2.05, 4.69) is 15.0 Å². The molecule has 94 valence electrons. The van der Waals surface area contributed by atoms with Crippen molar-refractivity contribution in [2.24, 2.45) is 0 Å². The Kier molecular flexibility index (Phi) is 2.68. The van der Waals surface area contributed by atoms with Gasteiger partial charge in [0.05, 0.1) is 35.2 Å². The number of benzene rings is 1. The highest BCUT2D eigenvalue weighted by molar-refractivity contribution is 5.92. The van der Waals surface area contributed by atoms with Gasteiger partial charge in [-0.15, -0.1) is 0 Å². The number of carboxylic acids is 1. The fraction of sp³-hybridized carbons (Fsp3) is 0.0769. The lowest BCUT2D eigenvalue weighted by Gasteiger charge is -2.03. The van der Waals surface area contributed by atoms with Crippen molar-refractivity contribution in [3.63, 3.8) is 0 Å². The zero-order valence-corrected chi connectivity index (χ0v) is 9.89. The summed E-state index contributed by atoms with van der Waals surface area (Å²) in [5.74, 6) is -0.952.